The molecule has 0 aliphatic carbocycles. The fraction of sp³-hybridized carbons (Fsp3) is 0.818. The van der Waals surface area contributed by atoms with Crippen LogP contribution in [0.25, 0.3) is 0 Å². The quantitative estimate of drug-likeness (QED) is 0.660. The van der Waals surface area contributed by atoms with Crippen molar-refractivity contribution in [3.8, 4) is 0 Å². The minimum atomic E-state index is -0.311. The van der Waals surface area contributed by atoms with Gasteiger partial charge in [0.2, 0.25) is 0 Å². The largest absolute Gasteiger partial charge is 0.465 e. The predicted molar refractivity (Wildman–Crippen MR) is 57.8 cm³/mol. The van der Waals surface area contributed by atoms with Gasteiger partial charge in [-0.2, -0.15) is 0 Å². The molecule has 0 saturated carbocycles. The lowest BCUT2D eigenvalue weighted by molar-refractivity contribution is -0.152. The maximum atomic E-state index is 11.6. The second-order valence-corrected chi connectivity index (χ2v) is 3.78. The highest BCUT2D eigenvalue weighted by atomic mass is 16.5. The Morgan fingerprint density at radius 2 is 1.44 bits per heavy atom. The Balaban J connectivity index is 2.56. The van der Waals surface area contributed by atoms with Gasteiger partial charge < -0.3 is 9.47 Å². The molecule has 0 N–H and O–H groups in total. The van der Waals surface area contributed by atoms with E-state index < -0.39 is 0 Å². The molecule has 5 heteroatoms. The van der Waals surface area contributed by atoms with Crippen LogP contribution in [0.5, 0.6) is 0 Å². The van der Waals surface area contributed by atoms with Crippen LogP contribution in [0.3, 0.4) is 0 Å². The summed E-state index contributed by atoms with van der Waals surface area (Å²) >= 11 is 0. The minimum absolute atomic E-state index is 0.253. The first-order valence-corrected chi connectivity index (χ1v) is 5.67. The first-order chi connectivity index (χ1) is 7.61. The van der Waals surface area contributed by atoms with E-state index >= 15 is 0 Å². The van der Waals surface area contributed by atoms with Crippen LogP contribution in [0.4, 0.5) is 0 Å². The SMILES string of the molecule is CCOC(=O)[C@H]1CC[C@@H](C(=O)OCC)N1C. The van der Waals surface area contributed by atoms with Gasteiger partial charge in [0, 0.05) is 0 Å². The molecule has 0 aromatic heterocycles. The summed E-state index contributed by atoms with van der Waals surface area (Å²) in [7, 11) is 1.76. The molecule has 5 nitrogen and oxygen atoms in total. The van der Waals surface area contributed by atoms with Gasteiger partial charge >= 0.3 is 11.9 Å². The zero-order valence-corrected chi connectivity index (χ0v) is 10.1. The van der Waals surface area contributed by atoms with Crippen molar-refractivity contribution in [2.24, 2.45) is 0 Å². The Morgan fingerprint density at radius 3 is 1.75 bits per heavy atom. The number of nitrogens with zero attached hydrogens (tertiary/aromatic N) is 1. The lowest BCUT2D eigenvalue weighted by Gasteiger charge is -2.22. The van der Waals surface area contributed by atoms with Gasteiger partial charge in [0.15, 0.2) is 0 Å². The molecule has 0 unspecified atom stereocenters. The third-order valence-corrected chi connectivity index (χ3v) is 2.81. The lowest BCUT2D eigenvalue weighted by Crippen LogP contribution is -2.42. The van der Waals surface area contributed by atoms with Crippen LogP contribution in [0.1, 0.15) is 26.7 Å². The summed E-state index contributed by atoms with van der Waals surface area (Å²) < 4.78 is 9.90. The summed E-state index contributed by atoms with van der Waals surface area (Å²) in [5.41, 5.74) is 0. The molecular weight excluding hydrogens is 210 g/mol. The molecule has 16 heavy (non-hydrogen) atoms. The van der Waals surface area contributed by atoms with Crippen LogP contribution in [0, 0.1) is 0 Å². The molecule has 0 radical (unpaired) electrons. The van der Waals surface area contributed by atoms with E-state index in [-0.39, 0.29) is 24.0 Å². The van der Waals surface area contributed by atoms with Gasteiger partial charge in [0.1, 0.15) is 12.1 Å². The number of carbonyl (C=O) groups is 2. The first kappa shape index (κ1) is 13.0. The summed E-state index contributed by atoms with van der Waals surface area (Å²) in [5, 5.41) is 0. The zero-order valence-electron chi connectivity index (χ0n) is 10.1. The molecule has 1 rings (SSSR count). The van der Waals surface area contributed by atoms with Gasteiger partial charge in [0.25, 0.3) is 0 Å². The van der Waals surface area contributed by atoms with Gasteiger partial charge in [-0.05, 0) is 33.7 Å². The van der Waals surface area contributed by atoms with Crippen LogP contribution < -0.4 is 0 Å². The molecule has 1 aliphatic heterocycles. The molecular formula is C11H19NO4. The van der Waals surface area contributed by atoms with Gasteiger partial charge in [-0.15, -0.1) is 0 Å². The Bertz CT molecular complexity index is 241. The molecule has 0 aromatic carbocycles. The highest BCUT2D eigenvalue weighted by Crippen LogP contribution is 2.24. The number of rotatable bonds is 4. The maximum absolute atomic E-state index is 11.6. The van der Waals surface area contributed by atoms with E-state index in [1.165, 1.54) is 0 Å². The fourth-order valence-corrected chi connectivity index (χ4v) is 1.99. The molecule has 0 bridgehead atoms. The molecule has 1 aliphatic rings. The maximum Gasteiger partial charge on any atom is 0.323 e. The highest BCUT2D eigenvalue weighted by molar-refractivity contribution is 5.81. The number of ether oxygens (including phenoxy) is 2. The Hall–Kier alpha value is -1.10. The van der Waals surface area contributed by atoms with Crippen molar-refractivity contribution in [2.75, 3.05) is 20.3 Å². The van der Waals surface area contributed by atoms with Crippen LogP contribution in [-0.2, 0) is 19.1 Å². The van der Waals surface area contributed by atoms with Crippen LogP contribution >= 0.6 is 0 Å². The predicted octanol–water partition coefficient (Wildman–Crippen LogP) is 0.575. The molecule has 2 atom stereocenters. The van der Waals surface area contributed by atoms with Crippen molar-refractivity contribution < 1.29 is 19.1 Å². The number of likely N-dealkylation sites (tertiary alicyclic amines) is 1. The van der Waals surface area contributed by atoms with Crippen LogP contribution in [0.15, 0.2) is 0 Å². The van der Waals surface area contributed by atoms with Gasteiger partial charge in [-0.3, -0.25) is 14.5 Å². The van der Waals surface area contributed by atoms with E-state index in [1.807, 2.05) is 0 Å². The molecule has 1 fully saturated rings. The van der Waals surface area contributed by atoms with E-state index in [9.17, 15) is 9.59 Å². The Labute approximate surface area is 95.7 Å². The van der Waals surface area contributed by atoms with Crippen molar-refractivity contribution in [3.63, 3.8) is 0 Å². The number of hydrogen-bond donors (Lipinski definition) is 0. The van der Waals surface area contributed by atoms with Crippen LogP contribution in [-0.4, -0.2) is 49.2 Å². The van der Waals surface area contributed by atoms with Gasteiger partial charge in [-0.1, -0.05) is 0 Å². The summed E-state index contributed by atoms with van der Waals surface area (Å²) in [5.74, 6) is -0.506. The molecule has 92 valence electrons. The average Bonchev–Trinajstić information content (AvgIpc) is 2.61. The van der Waals surface area contributed by atoms with Gasteiger partial charge in [0.05, 0.1) is 13.2 Å². The highest BCUT2D eigenvalue weighted by Gasteiger charge is 2.40. The smallest absolute Gasteiger partial charge is 0.323 e. The van der Waals surface area contributed by atoms with Crippen molar-refractivity contribution in [2.45, 2.75) is 38.8 Å². The monoisotopic (exact) mass is 229 g/mol. The fourth-order valence-electron chi connectivity index (χ4n) is 1.99. The second kappa shape index (κ2) is 5.84. The number of likely N-dealkylation sites (N-methyl/N-ethyl adjacent to an activating group) is 1. The molecule has 0 aromatic rings. The molecule has 1 saturated heterocycles. The summed E-state index contributed by atoms with van der Waals surface area (Å²) in [6, 6.07) is -0.622. The average molecular weight is 229 g/mol. The van der Waals surface area contributed by atoms with Crippen molar-refractivity contribution in [1.29, 1.82) is 0 Å². The lowest BCUT2D eigenvalue weighted by atomic mass is 10.2. The van der Waals surface area contributed by atoms with E-state index in [1.54, 1.807) is 25.8 Å². The van der Waals surface area contributed by atoms with Crippen LogP contribution in [0.2, 0.25) is 0 Å². The van der Waals surface area contributed by atoms with E-state index in [0.29, 0.717) is 26.1 Å². The van der Waals surface area contributed by atoms with E-state index in [2.05, 4.69) is 0 Å². The third-order valence-electron chi connectivity index (χ3n) is 2.81. The number of hydrogen-bond acceptors (Lipinski definition) is 5. The minimum Gasteiger partial charge on any atom is -0.465 e. The topological polar surface area (TPSA) is 55.8 Å². The van der Waals surface area contributed by atoms with E-state index in [0.717, 1.165) is 0 Å². The summed E-state index contributed by atoms with van der Waals surface area (Å²) in [6.07, 6.45) is 1.30. The van der Waals surface area contributed by atoms with Crippen molar-refractivity contribution >= 4 is 11.9 Å². The zero-order chi connectivity index (χ0) is 12.1. The normalized spacial score (nSPS) is 25.4. The number of esters is 2. The standard InChI is InChI=1S/C11H19NO4/c1-4-15-10(13)8-6-7-9(12(8)3)11(14)16-5-2/h8-9H,4-7H2,1-3H3/t8-,9+. The molecule has 0 spiro atoms. The van der Waals surface area contributed by atoms with Crippen molar-refractivity contribution in [1.82, 2.24) is 4.90 Å². The van der Waals surface area contributed by atoms with Crippen molar-refractivity contribution in [3.05, 3.63) is 0 Å². The first-order valence-electron chi connectivity index (χ1n) is 5.67. The second-order valence-electron chi connectivity index (χ2n) is 3.78. The number of carbonyl (C=O) groups excluding carboxylic acids is 2. The molecule has 0 amide bonds. The van der Waals surface area contributed by atoms with Gasteiger partial charge in [-0.25, -0.2) is 0 Å². The third kappa shape index (κ3) is 2.72. The Kier molecular flexibility index (Phi) is 4.73. The molecule has 1 heterocycles. The summed E-state index contributed by atoms with van der Waals surface area (Å²) in [6.45, 7) is 4.28. The van der Waals surface area contributed by atoms with E-state index in [4.69, 9.17) is 9.47 Å². The summed E-state index contributed by atoms with van der Waals surface area (Å²) in [4.78, 5) is 24.9. The Morgan fingerprint density at radius 1 is 1.06 bits per heavy atom.